The van der Waals surface area contributed by atoms with Gasteiger partial charge in [-0.25, -0.2) is 9.78 Å². The molecule has 0 bridgehead atoms. The Hall–Kier alpha value is -3.26. The third-order valence-corrected chi connectivity index (χ3v) is 7.38. The van der Waals surface area contributed by atoms with Gasteiger partial charge < -0.3 is 10.6 Å². The monoisotopic (exact) mass is 448 g/mol. The van der Waals surface area contributed by atoms with Crippen molar-refractivity contribution in [2.45, 2.75) is 38.1 Å². The van der Waals surface area contributed by atoms with Crippen LogP contribution in [-0.4, -0.2) is 39.8 Å². The molecule has 32 heavy (non-hydrogen) atoms. The van der Waals surface area contributed by atoms with E-state index in [1.54, 1.807) is 0 Å². The molecule has 2 aromatic carbocycles. The summed E-state index contributed by atoms with van der Waals surface area (Å²) in [5.41, 5.74) is 0.896. The first kappa shape index (κ1) is 20.6. The van der Waals surface area contributed by atoms with E-state index in [9.17, 15) is 14.4 Å². The van der Waals surface area contributed by atoms with Crippen LogP contribution < -0.4 is 10.6 Å². The van der Waals surface area contributed by atoms with Gasteiger partial charge in [0.25, 0.3) is 5.91 Å². The molecule has 0 radical (unpaired) electrons. The van der Waals surface area contributed by atoms with Crippen LogP contribution in [-0.2, 0) is 9.59 Å². The zero-order chi connectivity index (χ0) is 22.3. The van der Waals surface area contributed by atoms with Crippen LogP contribution in [0.1, 0.15) is 32.6 Å². The highest BCUT2D eigenvalue weighted by Crippen LogP contribution is 2.38. The van der Waals surface area contributed by atoms with Gasteiger partial charge in [-0.3, -0.25) is 14.5 Å². The molecule has 1 spiro atoms. The van der Waals surface area contributed by atoms with Crippen LogP contribution >= 0.6 is 11.3 Å². The lowest BCUT2D eigenvalue weighted by atomic mass is 9.73. The van der Waals surface area contributed by atoms with Crippen molar-refractivity contribution >= 4 is 45.1 Å². The highest BCUT2D eigenvalue weighted by Gasteiger charge is 2.55. The van der Waals surface area contributed by atoms with Crippen molar-refractivity contribution in [3.8, 4) is 11.3 Å². The van der Waals surface area contributed by atoms with E-state index in [4.69, 9.17) is 0 Å². The molecular weight excluding hydrogens is 424 g/mol. The topological polar surface area (TPSA) is 91.4 Å². The standard InChI is InChI=1S/C24H24N4O3S/c1-15-7-4-5-12-24(15)21(30)28(23(31)27-24)13-20(29)26-22-25-19(14-32-22)18-11-6-9-16-8-2-3-10-17(16)18/h2-3,6,8-11,14-15H,4-5,7,12-13H2,1H3,(H,27,31)(H,25,26,29). The Morgan fingerprint density at radius 1 is 1.22 bits per heavy atom. The summed E-state index contributed by atoms with van der Waals surface area (Å²) in [5, 5.41) is 10.2. The number of nitrogens with one attached hydrogen (secondary N) is 2. The third-order valence-electron chi connectivity index (χ3n) is 6.62. The van der Waals surface area contributed by atoms with E-state index >= 15 is 0 Å². The smallest absolute Gasteiger partial charge is 0.323 e. The summed E-state index contributed by atoms with van der Waals surface area (Å²) >= 11 is 1.32. The van der Waals surface area contributed by atoms with Gasteiger partial charge in [0, 0.05) is 10.9 Å². The zero-order valence-electron chi connectivity index (χ0n) is 17.8. The fraction of sp³-hybridized carbons (Fsp3) is 0.333. The summed E-state index contributed by atoms with van der Waals surface area (Å²) in [4.78, 5) is 43.8. The second-order valence-corrected chi connectivity index (χ2v) is 9.41. The molecule has 2 atom stereocenters. The molecule has 8 heteroatoms. The van der Waals surface area contributed by atoms with Gasteiger partial charge in [0.15, 0.2) is 5.13 Å². The molecule has 1 aliphatic heterocycles. The largest absolute Gasteiger partial charge is 0.325 e. The maximum atomic E-state index is 13.1. The quantitative estimate of drug-likeness (QED) is 0.579. The molecule has 2 N–H and O–H groups in total. The van der Waals surface area contributed by atoms with Crippen LogP contribution in [0.2, 0.25) is 0 Å². The predicted octanol–water partition coefficient (Wildman–Crippen LogP) is 4.40. The Kier molecular flexibility index (Phi) is 5.17. The minimum absolute atomic E-state index is 0.0583. The summed E-state index contributed by atoms with van der Waals surface area (Å²) in [7, 11) is 0. The first-order valence-electron chi connectivity index (χ1n) is 10.9. The van der Waals surface area contributed by atoms with Gasteiger partial charge in [0.2, 0.25) is 5.91 Å². The molecule has 1 saturated carbocycles. The Morgan fingerprint density at radius 3 is 2.88 bits per heavy atom. The predicted molar refractivity (Wildman–Crippen MR) is 124 cm³/mol. The van der Waals surface area contributed by atoms with Crippen molar-refractivity contribution in [1.29, 1.82) is 0 Å². The summed E-state index contributed by atoms with van der Waals surface area (Å²) in [6.07, 6.45) is 3.46. The number of anilines is 1. The van der Waals surface area contributed by atoms with Gasteiger partial charge in [-0.2, -0.15) is 0 Å². The Bertz CT molecular complexity index is 1220. The average Bonchev–Trinajstić information content (AvgIpc) is 3.34. The highest BCUT2D eigenvalue weighted by atomic mass is 32.1. The van der Waals surface area contributed by atoms with Crippen molar-refractivity contribution in [3.05, 3.63) is 47.8 Å². The highest BCUT2D eigenvalue weighted by molar-refractivity contribution is 7.14. The van der Waals surface area contributed by atoms with E-state index in [0.29, 0.717) is 11.6 Å². The summed E-state index contributed by atoms with van der Waals surface area (Å²) in [6, 6.07) is 13.6. The van der Waals surface area contributed by atoms with Crippen LogP contribution in [0.25, 0.3) is 22.0 Å². The molecule has 4 amide bonds. The fourth-order valence-electron chi connectivity index (χ4n) is 4.85. The van der Waals surface area contributed by atoms with Gasteiger partial charge >= 0.3 is 6.03 Å². The number of thiazole rings is 1. The van der Waals surface area contributed by atoms with Crippen LogP contribution in [0.5, 0.6) is 0 Å². The average molecular weight is 449 g/mol. The minimum atomic E-state index is -0.863. The number of hydrogen-bond donors (Lipinski definition) is 2. The first-order valence-corrected chi connectivity index (χ1v) is 11.7. The molecular formula is C24H24N4O3S. The van der Waals surface area contributed by atoms with E-state index in [1.807, 2.05) is 54.8 Å². The SMILES string of the molecule is CC1CCCCC12NC(=O)N(CC(=O)Nc1nc(-c3cccc4ccccc34)cs1)C2=O. The number of benzene rings is 2. The lowest BCUT2D eigenvalue weighted by Gasteiger charge is -2.36. The summed E-state index contributed by atoms with van der Waals surface area (Å²) < 4.78 is 0. The van der Waals surface area contributed by atoms with Gasteiger partial charge in [0.1, 0.15) is 12.1 Å². The van der Waals surface area contributed by atoms with E-state index in [-0.39, 0.29) is 18.4 Å². The number of fused-ring (bicyclic) bond motifs is 1. The second-order valence-electron chi connectivity index (χ2n) is 8.55. The van der Waals surface area contributed by atoms with Crippen molar-refractivity contribution < 1.29 is 14.4 Å². The number of carbonyl (C=O) groups is 3. The minimum Gasteiger partial charge on any atom is -0.323 e. The van der Waals surface area contributed by atoms with E-state index in [1.165, 1.54) is 11.3 Å². The number of rotatable bonds is 4. The number of urea groups is 1. The third kappa shape index (κ3) is 3.44. The fourth-order valence-corrected chi connectivity index (χ4v) is 5.57. The maximum Gasteiger partial charge on any atom is 0.325 e. The lowest BCUT2D eigenvalue weighted by Crippen LogP contribution is -2.54. The molecule has 3 aromatic rings. The summed E-state index contributed by atoms with van der Waals surface area (Å²) in [5.74, 6) is -0.670. The van der Waals surface area contributed by atoms with E-state index in [0.717, 1.165) is 46.2 Å². The molecule has 164 valence electrons. The number of nitrogens with zero attached hydrogens (tertiary/aromatic N) is 2. The Morgan fingerprint density at radius 2 is 2.03 bits per heavy atom. The van der Waals surface area contributed by atoms with Crippen molar-refractivity contribution in [2.24, 2.45) is 5.92 Å². The molecule has 7 nitrogen and oxygen atoms in total. The van der Waals surface area contributed by atoms with Crippen molar-refractivity contribution in [2.75, 3.05) is 11.9 Å². The van der Waals surface area contributed by atoms with Gasteiger partial charge in [-0.1, -0.05) is 62.2 Å². The van der Waals surface area contributed by atoms with Crippen LogP contribution in [0, 0.1) is 5.92 Å². The second kappa shape index (κ2) is 8.02. The Balaban J connectivity index is 1.30. The van der Waals surface area contributed by atoms with Crippen LogP contribution in [0.3, 0.4) is 0 Å². The van der Waals surface area contributed by atoms with Crippen LogP contribution in [0.4, 0.5) is 9.93 Å². The first-order chi connectivity index (χ1) is 15.5. The van der Waals surface area contributed by atoms with E-state index < -0.39 is 17.5 Å². The molecule has 1 aromatic heterocycles. The maximum absolute atomic E-state index is 13.1. The van der Waals surface area contributed by atoms with Crippen molar-refractivity contribution in [1.82, 2.24) is 15.2 Å². The van der Waals surface area contributed by atoms with Gasteiger partial charge in [-0.05, 0) is 29.5 Å². The molecule has 1 aliphatic carbocycles. The van der Waals surface area contributed by atoms with Gasteiger partial charge in [-0.15, -0.1) is 11.3 Å². The molecule has 2 unspecified atom stereocenters. The Labute approximate surface area is 189 Å². The zero-order valence-corrected chi connectivity index (χ0v) is 18.6. The molecule has 2 heterocycles. The van der Waals surface area contributed by atoms with Crippen molar-refractivity contribution in [3.63, 3.8) is 0 Å². The lowest BCUT2D eigenvalue weighted by molar-refractivity contribution is -0.136. The normalized spacial score (nSPS) is 23.0. The van der Waals surface area contributed by atoms with Gasteiger partial charge in [0.05, 0.1) is 5.69 Å². The van der Waals surface area contributed by atoms with E-state index in [2.05, 4.69) is 15.6 Å². The number of aromatic nitrogens is 1. The van der Waals surface area contributed by atoms with Crippen LogP contribution in [0.15, 0.2) is 47.8 Å². The molecule has 1 saturated heterocycles. The number of amides is 4. The molecule has 5 rings (SSSR count). The number of imide groups is 1. The molecule has 2 aliphatic rings. The summed E-state index contributed by atoms with van der Waals surface area (Å²) in [6.45, 7) is 1.67. The number of carbonyl (C=O) groups excluding carboxylic acids is 3. The number of hydrogen-bond acceptors (Lipinski definition) is 5. The molecule has 2 fully saturated rings.